The van der Waals surface area contributed by atoms with E-state index in [1.165, 1.54) is 23.9 Å². The lowest BCUT2D eigenvalue weighted by molar-refractivity contribution is -0.133. The van der Waals surface area contributed by atoms with E-state index in [2.05, 4.69) is 0 Å². The van der Waals surface area contributed by atoms with Gasteiger partial charge >= 0.3 is 5.69 Å². The maximum absolute atomic E-state index is 12.7. The molecule has 0 unspecified atom stereocenters. The molecule has 1 fully saturated rings. The molecule has 0 radical (unpaired) electrons. The van der Waals surface area contributed by atoms with Crippen molar-refractivity contribution < 1.29 is 14.3 Å². The van der Waals surface area contributed by atoms with Crippen LogP contribution in [0.1, 0.15) is 18.4 Å². The van der Waals surface area contributed by atoms with Gasteiger partial charge in [-0.15, -0.1) is 0 Å². The van der Waals surface area contributed by atoms with Crippen LogP contribution >= 0.6 is 0 Å². The Morgan fingerprint density at radius 1 is 0.935 bits per heavy atom. The highest BCUT2D eigenvalue weighted by atomic mass is 16.5. The minimum absolute atomic E-state index is 0.0689. The zero-order valence-corrected chi connectivity index (χ0v) is 18.0. The summed E-state index contributed by atoms with van der Waals surface area (Å²) >= 11 is 0. The van der Waals surface area contributed by atoms with Crippen LogP contribution in [0.15, 0.2) is 46.1 Å². The summed E-state index contributed by atoms with van der Waals surface area (Å²) in [6.45, 7) is 1.90. The van der Waals surface area contributed by atoms with Crippen molar-refractivity contribution >= 4 is 11.8 Å². The fourth-order valence-corrected chi connectivity index (χ4v) is 3.60. The van der Waals surface area contributed by atoms with Gasteiger partial charge in [0.05, 0.1) is 7.11 Å². The van der Waals surface area contributed by atoms with Gasteiger partial charge in [-0.05, 0) is 30.5 Å². The molecule has 2 aromatic rings. The lowest BCUT2D eigenvalue weighted by Gasteiger charge is -2.22. The predicted octanol–water partition coefficient (Wildman–Crippen LogP) is 0.249. The van der Waals surface area contributed by atoms with E-state index >= 15 is 0 Å². The lowest BCUT2D eigenvalue weighted by atomic mass is 10.1. The molecule has 0 atom stereocenters. The first-order valence-corrected chi connectivity index (χ1v) is 10.3. The number of hydrogen-bond donors (Lipinski definition) is 0. The zero-order valence-electron chi connectivity index (χ0n) is 18.0. The largest absolute Gasteiger partial charge is 0.497 e. The van der Waals surface area contributed by atoms with Crippen LogP contribution in [0.2, 0.25) is 0 Å². The Hall–Kier alpha value is -3.36. The van der Waals surface area contributed by atoms with Crippen LogP contribution in [0.5, 0.6) is 5.75 Å². The number of benzene rings is 1. The predicted molar refractivity (Wildman–Crippen MR) is 115 cm³/mol. The molecular weight excluding hydrogens is 400 g/mol. The number of aryl methyl sites for hydroxylation is 1. The topological polar surface area (TPSA) is 93.8 Å². The van der Waals surface area contributed by atoms with Crippen molar-refractivity contribution in [1.29, 1.82) is 0 Å². The van der Waals surface area contributed by atoms with Gasteiger partial charge in [0.15, 0.2) is 0 Å². The summed E-state index contributed by atoms with van der Waals surface area (Å²) in [5.74, 6) is 0.653. The highest BCUT2D eigenvalue weighted by Gasteiger charge is 2.22. The molecule has 0 bridgehead atoms. The van der Waals surface area contributed by atoms with Crippen LogP contribution in [0, 0.1) is 0 Å². The molecular formula is C22H28N4O5. The number of hydrogen-bond acceptors (Lipinski definition) is 5. The molecule has 1 aromatic carbocycles. The number of carbonyl (C=O) groups excluding carboxylic acids is 2. The monoisotopic (exact) mass is 428 g/mol. The highest BCUT2D eigenvalue weighted by Crippen LogP contribution is 2.14. The fraction of sp³-hybridized carbons (Fsp3) is 0.455. The molecule has 0 aliphatic carbocycles. The van der Waals surface area contributed by atoms with E-state index in [0.29, 0.717) is 45.4 Å². The van der Waals surface area contributed by atoms with E-state index in [4.69, 9.17) is 4.74 Å². The standard InChI is InChI=1S/C22H28N4O5/c1-23-19(27)10-13-26(22(23)30)16-21(29)25-12-3-11-24(14-15-25)20(28)9-6-17-4-7-18(31-2)8-5-17/h4-5,7-8,10,13H,3,6,9,11-12,14-16H2,1-2H3. The van der Waals surface area contributed by atoms with E-state index in [-0.39, 0.29) is 18.4 Å². The van der Waals surface area contributed by atoms with Crippen LogP contribution < -0.4 is 16.0 Å². The number of methoxy groups -OCH3 is 1. The first-order chi connectivity index (χ1) is 14.9. The third-order valence-corrected chi connectivity index (χ3v) is 5.55. The second-order valence-electron chi connectivity index (χ2n) is 7.59. The average Bonchev–Trinajstić information content (AvgIpc) is 3.04. The van der Waals surface area contributed by atoms with Gasteiger partial charge in [0, 0.05) is 51.9 Å². The Morgan fingerprint density at radius 3 is 2.23 bits per heavy atom. The first kappa shape index (κ1) is 22.3. The summed E-state index contributed by atoms with van der Waals surface area (Å²) < 4.78 is 7.35. The van der Waals surface area contributed by atoms with E-state index in [0.717, 1.165) is 15.9 Å². The minimum atomic E-state index is -0.522. The summed E-state index contributed by atoms with van der Waals surface area (Å²) in [5, 5.41) is 0. The Kier molecular flexibility index (Phi) is 7.28. The summed E-state index contributed by atoms with van der Waals surface area (Å²) in [6.07, 6.45) is 3.09. The van der Waals surface area contributed by atoms with Gasteiger partial charge in [0.25, 0.3) is 5.56 Å². The maximum Gasteiger partial charge on any atom is 0.331 e. The summed E-state index contributed by atoms with van der Waals surface area (Å²) in [5.41, 5.74) is 0.141. The molecule has 166 valence electrons. The van der Waals surface area contributed by atoms with Crippen molar-refractivity contribution in [1.82, 2.24) is 18.9 Å². The molecule has 1 aromatic heterocycles. The third-order valence-electron chi connectivity index (χ3n) is 5.55. The van der Waals surface area contributed by atoms with Crippen molar-refractivity contribution in [2.24, 2.45) is 7.05 Å². The van der Waals surface area contributed by atoms with Crippen molar-refractivity contribution in [2.75, 3.05) is 33.3 Å². The molecule has 0 N–H and O–H groups in total. The Bertz CT molecular complexity index is 1040. The molecule has 1 aliphatic heterocycles. The lowest BCUT2D eigenvalue weighted by Crippen LogP contribution is -2.42. The van der Waals surface area contributed by atoms with Gasteiger partial charge in [-0.25, -0.2) is 4.79 Å². The number of amides is 2. The molecule has 31 heavy (non-hydrogen) atoms. The molecule has 2 heterocycles. The number of rotatable bonds is 6. The quantitative estimate of drug-likeness (QED) is 0.658. The molecule has 0 saturated carbocycles. The van der Waals surface area contributed by atoms with Gasteiger partial charge in [-0.1, -0.05) is 12.1 Å². The SMILES string of the molecule is COc1ccc(CCC(=O)N2CCCN(C(=O)Cn3ccc(=O)n(C)c3=O)CC2)cc1. The van der Waals surface area contributed by atoms with Gasteiger partial charge in [-0.2, -0.15) is 0 Å². The van der Waals surface area contributed by atoms with E-state index in [1.807, 2.05) is 24.3 Å². The van der Waals surface area contributed by atoms with Gasteiger partial charge in [-0.3, -0.25) is 23.5 Å². The summed E-state index contributed by atoms with van der Waals surface area (Å²) in [6, 6.07) is 8.93. The van der Waals surface area contributed by atoms with E-state index < -0.39 is 11.2 Å². The van der Waals surface area contributed by atoms with Crippen molar-refractivity contribution in [3.63, 3.8) is 0 Å². The first-order valence-electron chi connectivity index (χ1n) is 10.3. The minimum Gasteiger partial charge on any atom is -0.497 e. The highest BCUT2D eigenvalue weighted by molar-refractivity contribution is 5.78. The van der Waals surface area contributed by atoms with Crippen LogP contribution in [0.25, 0.3) is 0 Å². The smallest absolute Gasteiger partial charge is 0.331 e. The molecule has 9 heteroatoms. The molecule has 9 nitrogen and oxygen atoms in total. The summed E-state index contributed by atoms with van der Waals surface area (Å²) in [4.78, 5) is 52.4. The average molecular weight is 428 g/mol. The fourth-order valence-electron chi connectivity index (χ4n) is 3.60. The summed E-state index contributed by atoms with van der Waals surface area (Å²) in [7, 11) is 3.00. The molecule has 3 rings (SSSR count). The zero-order chi connectivity index (χ0) is 22.4. The second-order valence-corrected chi connectivity index (χ2v) is 7.59. The van der Waals surface area contributed by atoms with Crippen molar-refractivity contribution in [2.45, 2.75) is 25.8 Å². The van der Waals surface area contributed by atoms with Crippen LogP contribution in [-0.4, -0.2) is 64.0 Å². The van der Waals surface area contributed by atoms with E-state index in [1.54, 1.807) is 16.9 Å². The molecule has 2 amide bonds. The molecule has 1 aliphatic rings. The van der Waals surface area contributed by atoms with Crippen molar-refractivity contribution in [3.8, 4) is 5.75 Å². The number of ether oxygens (including phenoxy) is 1. The van der Waals surface area contributed by atoms with Gasteiger partial charge in [0.1, 0.15) is 12.3 Å². The van der Waals surface area contributed by atoms with E-state index in [9.17, 15) is 19.2 Å². The Morgan fingerprint density at radius 2 is 1.58 bits per heavy atom. The van der Waals surface area contributed by atoms with Crippen LogP contribution in [0.4, 0.5) is 0 Å². The third kappa shape index (κ3) is 5.62. The van der Waals surface area contributed by atoms with Crippen molar-refractivity contribution in [3.05, 3.63) is 62.9 Å². The van der Waals surface area contributed by atoms with Gasteiger partial charge < -0.3 is 14.5 Å². The second kappa shape index (κ2) is 10.1. The number of aromatic nitrogens is 2. The number of carbonyl (C=O) groups is 2. The number of nitrogens with zero attached hydrogens (tertiary/aromatic N) is 4. The normalized spacial score (nSPS) is 14.3. The Balaban J connectivity index is 1.52. The Labute approximate surface area is 180 Å². The van der Waals surface area contributed by atoms with Crippen LogP contribution in [0.3, 0.4) is 0 Å². The maximum atomic E-state index is 12.7. The van der Waals surface area contributed by atoms with Gasteiger partial charge in [0.2, 0.25) is 11.8 Å². The molecule has 1 saturated heterocycles. The molecule has 0 spiro atoms. The van der Waals surface area contributed by atoms with Crippen LogP contribution in [-0.2, 0) is 29.6 Å².